The Morgan fingerprint density at radius 1 is 1.04 bits per heavy atom. The van der Waals surface area contributed by atoms with Gasteiger partial charge in [0.25, 0.3) is 0 Å². The molecule has 0 amide bonds. The smallest absolute Gasteiger partial charge is 0.167 e. The second-order valence-corrected chi connectivity index (χ2v) is 6.33. The lowest BCUT2D eigenvalue weighted by Gasteiger charge is -2.17. The maximum Gasteiger partial charge on any atom is 0.167 e. The molecule has 0 aliphatic rings. The van der Waals surface area contributed by atoms with Gasteiger partial charge in [-0.3, -0.25) is 0 Å². The van der Waals surface area contributed by atoms with Crippen LogP contribution in [0.15, 0.2) is 30.3 Å². The van der Waals surface area contributed by atoms with Crippen molar-refractivity contribution in [2.75, 3.05) is 0 Å². The van der Waals surface area contributed by atoms with Crippen LogP contribution in [0.5, 0.6) is 11.5 Å². The molecular formula is C20H24O3S. The third-order valence-electron chi connectivity index (χ3n) is 4.08. The maximum atomic E-state index is 9.62. The molecule has 2 aromatic carbocycles. The number of hydrogen-bond donors (Lipinski definition) is 1. The first kappa shape index (κ1) is 18.4. The predicted molar refractivity (Wildman–Crippen MR) is 101 cm³/mol. The molecule has 4 heteroatoms. The first-order valence-electron chi connectivity index (χ1n) is 8.09. The van der Waals surface area contributed by atoms with Crippen molar-refractivity contribution in [3.05, 3.63) is 58.1 Å². The van der Waals surface area contributed by atoms with E-state index in [9.17, 15) is 5.11 Å². The molecule has 0 heterocycles. The van der Waals surface area contributed by atoms with Crippen molar-refractivity contribution >= 4 is 17.3 Å². The summed E-state index contributed by atoms with van der Waals surface area (Å²) >= 11 is 5.18. The Morgan fingerprint density at radius 3 is 2.42 bits per heavy atom. The molecule has 0 radical (unpaired) electrons. The summed E-state index contributed by atoms with van der Waals surface area (Å²) in [5.41, 5.74) is 5.13. The van der Waals surface area contributed by atoms with Crippen molar-refractivity contribution in [2.45, 2.75) is 47.3 Å². The molecule has 0 bridgehead atoms. The van der Waals surface area contributed by atoms with E-state index in [4.69, 9.17) is 21.7 Å². The van der Waals surface area contributed by atoms with E-state index in [-0.39, 0.29) is 6.61 Å². The quantitative estimate of drug-likeness (QED) is 0.764. The number of aliphatic hydroxyl groups excluding tert-OH is 1. The summed E-state index contributed by atoms with van der Waals surface area (Å²) in [4.78, 5) is 0. The molecule has 24 heavy (non-hydrogen) atoms. The van der Waals surface area contributed by atoms with Crippen molar-refractivity contribution in [2.24, 2.45) is 0 Å². The molecular weight excluding hydrogens is 320 g/mol. The van der Waals surface area contributed by atoms with Crippen LogP contribution in [0.4, 0.5) is 0 Å². The highest BCUT2D eigenvalue weighted by Gasteiger charge is 2.13. The fourth-order valence-corrected chi connectivity index (χ4v) is 2.54. The van der Waals surface area contributed by atoms with Gasteiger partial charge in [0, 0.05) is 12.0 Å². The summed E-state index contributed by atoms with van der Waals surface area (Å²) in [7, 11) is 0. The molecule has 2 rings (SSSR count). The largest absolute Gasteiger partial charge is 0.488 e. The number of hydrogen-bond acceptors (Lipinski definition) is 4. The number of thiocarbonyl (C=S) groups is 1. The Hall–Kier alpha value is -1.91. The predicted octanol–water partition coefficient (Wildman–Crippen LogP) is 4.80. The van der Waals surface area contributed by atoms with Gasteiger partial charge in [-0.15, -0.1) is 0 Å². The van der Waals surface area contributed by atoms with Crippen LogP contribution in [-0.4, -0.2) is 10.2 Å². The van der Waals surface area contributed by atoms with Crippen molar-refractivity contribution < 1.29 is 14.6 Å². The molecule has 0 saturated heterocycles. The van der Waals surface area contributed by atoms with Gasteiger partial charge >= 0.3 is 0 Å². The molecule has 0 fully saturated rings. The van der Waals surface area contributed by atoms with Crippen LogP contribution < -0.4 is 9.47 Å². The summed E-state index contributed by atoms with van der Waals surface area (Å²) in [6, 6.07) is 9.74. The molecule has 0 unspecified atom stereocenters. The minimum Gasteiger partial charge on any atom is -0.488 e. The van der Waals surface area contributed by atoms with E-state index in [2.05, 4.69) is 19.9 Å². The summed E-state index contributed by atoms with van der Waals surface area (Å²) in [5, 5.41) is 10.1. The molecule has 0 atom stereocenters. The lowest BCUT2D eigenvalue weighted by molar-refractivity contribution is 0.266. The Morgan fingerprint density at radius 2 is 1.75 bits per heavy atom. The summed E-state index contributed by atoms with van der Waals surface area (Å²) in [6.45, 7) is 8.39. The molecule has 3 nitrogen and oxygen atoms in total. The van der Waals surface area contributed by atoms with Crippen molar-refractivity contribution in [1.82, 2.24) is 0 Å². The van der Waals surface area contributed by atoms with Crippen molar-refractivity contribution in [3.8, 4) is 11.5 Å². The normalized spacial score (nSPS) is 10.5. The topological polar surface area (TPSA) is 38.7 Å². The average Bonchev–Trinajstić information content (AvgIpc) is 2.57. The Labute approximate surface area is 149 Å². The molecule has 0 aliphatic carbocycles. The van der Waals surface area contributed by atoms with Crippen LogP contribution in [-0.2, 0) is 13.2 Å². The molecule has 1 N–H and O–H groups in total. The highest BCUT2D eigenvalue weighted by atomic mass is 32.1. The summed E-state index contributed by atoms with van der Waals surface area (Å²) in [6.07, 6.45) is 0.662. The highest BCUT2D eigenvalue weighted by Crippen LogP contribution is 2.28. The first-order valence-corrected chi connectivity index (χ1v) is 8.50. The van der Waals surface area contributed by atoms with Crippen LogP contribution in [0.1, 0.15) is 41.2 Å². The standard InChI is InChI=1S/C20H24O3S/c1-5-20(24)23-18-8-6-7-16(11-21)17(18)12-22-19-10-14(3)13(2)9-15(19)4/h6-10,21H,5,11-12H2,1-4H3. The van der Waals surface area contributed by atoms with Gasteiger partial charge in [0.2, 0.25) is 0 Å². The van der Waals surface area contributed by atoms with Gasteiger partial charge in [-0.2, -0.15) is 0 Å². The Kier molecular flexibility index (Phi) is 6.35. The van der Waals surface area contributed by atoms with Crippen LogP contribution in [0.25, 0.3) is 0 Å². The van der Waals surface area contributed by atoms with E-state index in [0.717, 1.165) is 22.4 Å². The van der Waals surface area contributed by atoms with Gasteiger partial charge in [-0.25, -0.2) is 0 Å². The van der Waals surface area contributed by atoms with Gasteiger partial charge in [-0.1, -0.05) is 25.1 Å². The zero-order valence-corrected chi connectivity index (χ0v) is 15.5. The third-order valence-corrected chi connectivity index (χ3v) is 4.45. The van der Waals surface area contributed by atoms with Gasteiger partial charge < -0.3 is 14.6 Å². The fraction of sp³-hybridized carbons (Fsp3) is 0.350. The van der Waals surface area contributed by atoms with E-state index < -0.39 is 0 Å². The lowest BCUT2D eigenvalue weighted by atomic mass is 10.1. The maximum absolute atomic E-state index is 9.62. The molecule has 2 aromatic rings. The van der Waals surface area contributed by atoms with Gasteiger partial charge in [0.05, 0.1) is 6.61 Å². The van der Waals surface area contributed by atoms with Crippen LogP contribution in [0.3, 0.4) is 0 Å². The summed E-state index contributed by atoms with van der Waals surface area (Å²) < 4.78 is 11.8. The molecule has 0 aromatic heterocycles. The number of aryl methyl sites for hydroxylation is 3. The van der Waals surface area contributed by atoms with E-state index in [1.807, 2.05) is 38.1 Å². The van der Waals surface area contributed by atoms with E-state index in [0.29, 0.717) is 23.8 Å². The SMILES string of the molecule is CCC(=S)Oc1cccc(CO)c1COc1cc(C)c(C)cc1C. The average molecular weight is 344 g/mol. The van der Waals surface area contributed by atoms with Gasteiger partial charge in [-0.05, 0) is 67.4 Å². The first-order chi connectivity index (χ1) is 11.5. The van der Waals surface area contributed by atoms with Gasteiger partial charge in [0.1, 0.15) is 18.1 Å². The highest BCUT2D eigenvalue weighted by molar-refractivity contribution is 7.80. The van der Waals surface area contributed by atoms with Crippen molar-refractivity contribution in [1.29, 1.82) is 0 Å². The van der Waals surface area contributed by atoms with E-state index in [1.165, 1.54) is 11.1 Å². The second-order valence-electron chi connectivity index (χ2n) is 5.87. The molecule has 128 valence electrons. The van der Waals surface area contributed by atoms with Crippen LogP contribution in [0.2, 0.25) is 0 Å². The molecule has 0 saturated carbocycles. The monoisotopic (exact) mass is 344 g/mol. The van der Waals surface area contributed by atoms with E-state index >= 15 is 0 Å². The van der Waals surface area contributed by atoms with Crippen LogP contribution in [0, 0.1) is 20.8 Å². The zero-order valence-electron chi connectivity index (χ0n) is 14.7. The molecule has 0 spiro atoms. The fourth-order valence-electron chi connectivity index (χ4n) is 2.45. The number of benzene rings is 2. The minimum absolute atomic E-state index is 0.0688. The van der Waals surface area contributed by atoms with Crippen molar-refractivity contribution in [3.63, 3.8) is 0 Å². The minimum atomic E-state index is -0.0688. The van der Waals surface area contributed by atoms with Gasteiger partial charge in [0.15, 0.2) is 5.05 Å². The Balaban J connectivity index is 2.28. The number of rotatable bonds is 6. The van der Waals surface area contributed by atoms with Crippen LogP contribution >= 0.6 is 12.2 Å². The lowest BCUT2D eigenvalue weighted by Crippen LogP contribution is -2.09. The van der Waals surface area contributed by atoms with E-state index in [1.54, 1.807) is 0 Å². The number of aliphatic hydroxyl groups is 1. The number of ether oxygens (including phenoxy) is 2. The molecule has 0 aliphatic heterocycles. The second kappa shape index (κ2) is 8.27. The Bertz CT molecular complexity index is 738. The summed E-state index contributed by atoms with van der Waals surface area (Å²) in [5.74, 6) is 1.49. The third kappa shape index (κ3) is 4.34. The zero-order chi connectivity index (χ0) is 17.7.